The number of aliphatic hydroxyl groups is 1. The molecule has 0 amide bonds. The summed E-state index contributed by atoms with van der Waals surface area (Å²) in [7, 11) is 0. The molecule has 0 aliphatic heterocycles. The van der Waals surface area contributed by atoms with Crippen molar-refractivity contribution < 1.29 is 5.11 Å². The van der Waals surface area contributed by atoms with E-state index in [9.17, 15) is 5.11 Å². The Balaban J connectivity index is 2.05. The zero-order valence-electron chi connectivity index (χ0n) is 14.5. The summed E-state index contributed by atoms with van der Waals surface area (Å²) in [5, 5.41) is 10.7. The van der Waals surface area contributed by atoms with Crippen molar-refractivity contribution in [1.29, 1.82) is 0 Å². The van der Waals surface area contributed by atoms with Crippen LogP contribution in [0.15, 0.2) is 22.8 Å². The molecular formula is C20H32O. The lowest BCUT2D eigenvalue weighted by atomic mass is 9.53. The second-order valence-electron chi connectivity index (χ2n) is 8.73. The molecule has 1 nitrogen and oxygen atoms in total. The summed E-state index contributed by atoms with van der Waals surface area (Å²) < 4.78 is 0. The van der Waals surface area contributed by atoms with Gasteiger partial charge in [-0.3, -0.25) is 0 Å². The summed E-state index contributed by atoms with van der Waals surface area (Å²) in [5.41, 5.74) is 5.20. The smallest absolute Gasteiger partial charge is 0.0634 e. The van der Waals surface area contributed by atoms with E-state index in [1.807, 2.05) is 0 Å². The van der Waals surface area contributed by atoms with Crippen molar-refractivity contribution in [2.24, 2.45) is 22.7 Å². The third kappa shape index (κ3) is 2.23. The van der Waals surface area contributed by atoms with E-state index in [1.165, 1.54) is 19.3 Å². The van der Waals surface area contributed by atoms with E-state index in [0.717, 1.165) is 25.2 Å². The summed E-state index contributed by atoms with van der Waals surface area (Å²) in [4.78, 5) is 0. The Morgan fingerprint density at radius 1 is 1.14 bits per heavy atom. The SMILES string of the molecule is CC1=CCC2CC3=C(C)CCC(O)C3(C)CCC1C2(C)C. The van der Waals surface area contributed by atoms with Crippen molar-refractivity contribution in [2.45, 2.75) is 79.2 Å². The van der Waals surface area contributed by atoms with Crippen LogP contribution < -0.4 is 0 Å². The van der Waals surface area contributed by atoms with E-state index in [4.69, 9.17) is 0 Å². The van der Waals surface area contributed by atoms with Gasteiger partial charge >= 0.3 is 0 Å². The first-order valence-electron chi connectivity index (χ1n) is 8.80. The van der Waals surface area contributed by atoms with Crippen LogP contribution in [0.25, 0.3) is 0 Å². The molecule has 0 aromatic heterocycles. The van der Waals surface area contributed by atoms with Gasteiger partial charge in [-0.15, -0.1) is 0 Å². The van der Waals surface area contributed by atoms with Crippen molar-refractivity contribution in [2.75, 3.05) is 0 Å². The second kappa shape index (κ2) is 4.98. The lowest BCUT2D eigenvalue weighted by Gasteiger charge is -2.52. The third-order valence-electron chi connectivity index (χ3n) is 7.36. The van der Waals surface area contributed by atoms with Crippen molar-refractivity contribution in [3.05, 3.63) is 22.8 Å². The van der Waals surface area contributed by atoms with E-state index in [2.05, 4.69) is 40.7 Å². The van der Waals surface area contributed by atoms with E-state index < -0.39 is 0 Å². The van der Waals surface area contributed by atoms with Gasteiger partial charge < -0.3 is 5.11 Å². The monoisotopic (exact) mass is 288 g/mol. The van der Waals surface area contributed by atoms with Gasteiger partial charge in [0, 0.05) is 5.41 Å². The molecule has 1 heteroatoms. The summed E-state index contributed by atoms with van der Waals surface area (Å²) in [5.74, 6) is 1.44. The molecule has 3 rings (SSSR count). The van der Waals surface area contributed by atoms with Gasteiger partial charge in [0.2, 0.25) is 0 Å². The highest BCUT2D eigenvalue weighted by Crippen LogP contribution is 2.57. The Bertz CT molecular complexity index is 496. The molecule has 0 saturated heterocycles. The highest BCUT2D eigenvalue weighted by atomic mass is 16.3. The van der Waals surface area contributed by atoms with Gasteiger partial charge in [-0.2, -0.15) is 0 Å². The number of rotatable bonds is 0. The maximum absolute atomic E-state index is 10.7. The van der Waals surface area contributed by atoms with Crippen LogP contribution >= 0.6 is 0 Å². The minimum atomic E-state index is -0.137. The molecular weight excluding hydrogens is 256 g/mol. The third-order valence-corrected chi connectivity index (χ3v) is 7.36. The fourth-order valence-electron chi connectivity index (χ4n) is 5.52. The van der Waals surface area contributed by atoms with Crippen LogP contribution in [-0.2, 0) is 0 Å². The molecule has 0 aromatic carbocycles. The van der Waals surface area contributed by atoms with Crippen LogP contribution in [0.3, 0.4) is 0 Å². The minimum Gasteiger partial charge on any atom is -0.392 e. The zero-order chi connectivity index (χ0) is 15.4. The molecule has 0 heterocycles. The first kappa shape index (κ1) is 15.3. The molecule has 118 valence electrons. The van der Waals surface area contributed by atoms with Crippen LogP contribution in [-0.4, -0.2) is 11.2 Å². The molecule has 0 spiro atoms. The Kier molecular flexibility index (Phi) is 3.64. The Labute approximate surface area is 130 Å². The molecule has 1 saturated carbocycles. The molecule has 4 atom stereocenters. The quantitative estimate of drug-likeness (QED) is 0.603. The standard InChI is InChI=1S/C20H32O/c1-13-6-8-15-12-17-14(2)7-9-18(21)20(17,5)11-10-16(13)19(15,3)4/h6,15-16,18,21H,7-12H2,1-5H3. The number of fused-ring (bicyclic) bond motifs is 3. The van der Waals surface area contributed by atoms with Crippen LogP contribution in [0.1, 0.15) is 73.1 Å². The first-order chi connectivity index (χ1) is 9.76. The van der Waals surface area contributed by atoms with Crippen LogP contribution in [0, 0.1) is 22.7 Å². The van der Waals surface area contributed by atoms with Crippen LogP contribution in [0.5, 0.6) is 0 Å². The molecule has 0 radical (unpaired) electrons. The van der Waals surface area contributed by atoms with E-state index in [-0.39, 0.29) is 11.5 Å². The number of aliphatic hydroxyl groups excluding tert-OH is 1. The zero-order valence-corrected chi connectivity index (χ0v) is 14.5. The maximum atomic E-state index is 10.7. The van der Waals surface area contributed by atoms with Gasteiger partial charge in [-0.1, -0.05) is 43.6 Å². The normalized spacial score (nSPS) is 42.8. The molecule has 21 heavy (non-hydrogen) atoms. The highest BCUT2D eigenvalue weighted by Gasteiger charge is 2.48. The van der Waals surface area contributed by atoms with E-state index in [0.29, 0.717) is 11.3 Å². The largest absolute Gasteiger partial charge is 0.392 e. The van der Waals surface area contributed by atoms with Crippen molar-refractivity contribution in [3.8, 4) is 0 Å². The average Bonchev–Trinajstić information content (AvgIpc) is 2.40. The molecule has 3 aliphatic rings. The summed E-state index contributed by atoms with van der Waals surface area (Å²) in [6, 6.07) is 0. The van der Waals surface area contributed by atoms with Crippen molar-refractivity contribution in [3.63, 3.8) is 0 Å². The number of hydrogen-bond acceptors (Lipinski definition) is 1. The van der Waals surface area contributed by atoms with Crippen molar-refractivity contribution in [1.82, 2.24) is 0 Å². The van der Waals surface area contributed by atoms with Gasteiger partial charge in [0.1, 0.15) is 0 Å². The molecule has 4 unspecified atom stereocenters. The molecule has 1 fully saturated rings. The Morgan fingerprint density at radius 2 is 1.86 bits per heavy atom. The minimum absolute atomic E-state index is 0.0347. The van der Waals surface area contributed by atoms with Gasteiger partial charge in [0.25, 0.3) is 0 Å². The predicted octanol–water partition coefficient (Wildman–Crippen LogP) is 5.26. The van der Waals surface area contributed by atoms with Gasteiger partial charge in [0.05, 0.1) is 6.10 Å². The average molecular weight is 288 g/mol. The molecule has 3 aliphatic carbocycles. The van der Waals surface area contributed by atoms with Gasteiger partial charge in [0.15, 0.2) is 0 Å². The number of allylic oxidation sites excluding steroid dienone is 3. The summed E-state index contributed by atoms with van der Waals surface area (Å²) in [6.45, 7) is 11.9. The van der Waals surface area contributed by atoms with E-state index >= 15 is 0 Å². The van der Waals surface area contributed by atoms with Gasteiger partial charge in [-0.05, 0) is 69.6 Å². The Morgan fingerprint density at radius 3 is 2.57 bits per heavy atom. The lowest BCUT2D eigenvalue weighted by Crippen LogP contribution is -2.45. The maximum Gasteiger partial charge on any atom is 0.0634 e. The molecule has 0 aromatic rings. The topological polar surface area (TPSA) is 20.2 Å². The summed E-state index contributed by atoms with van der Waals surface area (Å²) in [6.07, 6.45) is 9.21. The van der Waals surface area contributed by atoms with Crippen molar-refractivity contribution >= 4 is 0 Å². The lowest BCUT2D eigenvalue weighted by molar-refractivity contribution is 0.00653. The predicted molar refractivity (Wildman–Crippen MR) is 89.0 cm³/mol. The number of hydrogen-bond donors (Lipinski definition) is 1. The fourth-order valence-corrected chi connectivity index (χ4v) is 5.52. The van der Waals surface area contributed by atoms with Gasteiger partial charge in [-0.25, -0.2) is 0 Å². The van der Waals surface area contributed by atoms with Crippen LogP contribution in [0.2, 0.25) is 0 Å². The molecule has 2 bridgehead atoms. The van der Waals surface area contributed by atoms with Crippen LogP contribution in [0.4, 0.5) is 0 Å². The fraction of sp³-hybridized carbons (Fsp3) is 0.800. The second-order valence-corrected chi connectivity index (χ2v) is 8.73. The molecule has 1 N–H and O–H groups in total. The first-order valence-corrected chi connectivity index (χ1v) is 8.80. The summed E-state index contributed by atoms with van der Waals surface area (Å²) >= 11 is 0. The van der Waals surface area contributed by atoms with E-state index in [1.54, 1.807) is 16.7 Å². The Hall–Kier alpha value is -0.560. The highest BCUT2D eigenvalue weighted by molar-refractivity contribution is 5.29.